The number of para-hydroxylation sites is 2. The number of anilines is 1. The zero-order chi connectivity index (χ0) is 18.2. The molecule has 25 heavy (non-hydrogen) atoms. The Morgan fingerprint density at radius 3 is 2.60 bits per heavy atom. The zero-order valence-corrected chi connectivity index (χ0v) is 13.3. The van der Waals surface area contributed by atoms with Gasteiger partial charge in [0.1, 0.15) is 0 Å². The van der Waals surface area contributed by atoms with Crippen LogP contribution in [0.25, 0.3) is 17.2 Å². The van der Waals surface area contributed by atoms with Crippen molar-refractivity contribution in [2.75, 3.05) is 12.4 Å². The molecule has 0 aliphatic carbocycles. The number of ether oxygens (including phenoxy) is 1. The van der Waals surface area contributed by atoms with Gasteiger partial charge in [0.2, 0.25) is 0 Å². The molecule has 0 atom stereocenters. The minimum absolute atomic E-state index is 0.0335. The topological polar surface area (TPSA) is 104 Å². The summed E-state index contributed by atoms with van der Waals surface area (Å²) >= 11 is 0. The molecule has 0 fully saturated rings. The second-order valence-electron chi connectivity index (χ2n) is 4.83. The van der Waals surface area contributed by atoms with E-state index in [1.807, 2.05) is 5.87 Å². The maximum Gasteiger partial charge on any atom is 0.330 e. The van der Waals surface area contributed by atoms with E-state index in [4.69, 9.17) is 0 Å². The molecule has 7 heteroatoms. The van der Waals surface area contributed by atoms with Crippen molar-refractivity contribution in [3.8, 4) is 0 Å². The molecule has 0 unspecified atom stereocenters. The van der Waals surface area contributed by atoms with E-state index in [2.05, 4.69) is 10.1 Å². The summed E-state index contributed by atoms with van der Waals surface area (Å²) in [7, 11) is 1.27. The molecule has 0 aliphatic rings. The number of nitrogens with zero attached hydrogens (tertiary/aromatic N) is 2. The maximum absolute atomic E-state index is 11.3. The van der Waals surface area contributed by atoms with Crippen LogP contribution < -0.4 is 5.32 Å². The number of nitrogens with one attached hydrogen (secondary N) is 1. The Bertz CT molecular complexity index is 883. The fourth-order valence-corrected chi connectivity index (χ4v) is 2.12. The van der Waals surface area contributed by atoms with E-state index >= 15 is 0 Å². The van der Waals surface area contributed by atoms with E-state index in [0.717, 1.165) is 0 Å². The summed E-state index contributed by atoms with van der Waals surface area (Å²) in [6.07, 6.45) is 2.78. The summed E-state index contributed by atoms with van der Waals surface area (Å²) in [5.74, 6) is 1.44. The summed E-state index contributed by atoms with van der Waals surface area (Å²) in [6.45, 7) is 0. The van der Waals surface area contributed by atoms with Gasteiger partial charge in [-0.25, -0.2) is 10.7 Å². The molecule has 0 saturated carbocycles. The molecular weight excluding hydrogens is 322 g/mol. The van der Waals surface area contributed by atoms with E-state index in [9.17, 15) is 20.3 Å². The van der Waals surface area contributed by atoms with Crippen LogP contribution in [0.15, 0.2) is 54.6 Å². The quantitative estimate of drug-likeness (QED) is 0.286. The van der Waals surface area contributed by atoms with Crippen molar-refractivity contribution in [2.45, 2.75) is 0 Å². The van der Waals surface area contributed by atoms with E-state index < -0.39 is 10.9 Å². The largest absolute Gasteiger partial charge is 0.762 e. The van der Waals surface area contributed by atoms with Gasteiger partial charge in [-0.05, 0) is 23.8 Å². The van der Waals surface area contributed by atoms with Gasteiger partial charge in [-0.3, -0.25) is 10.1 Å². The molecule has 0 radical (unpaired) electrons. The minimum atomic E-state index is -0.544. The molecule has 126 valence electrons. The van der Waals surface area contributed by atoms with Crippen LogP contribution in [-0.4, -0.2) is 23.9 Å². The highest BCUT2D eigenvalue weighted by Crippen LogP contribution is 2.27. The van der Waals surface area contributed by atoms with Gasteiger partial charge < -0.3 is 15.5 Å². The highest BCUT2D eigenvalue weighted by Gasteiger charge is 2.16. The van der Waals surface area contributed by atoms with Gasteiger partial charge in [-0.15, -0.1) is 0 Å². The van der Waals surface area contributed by atoms with Crippen molar-refractivity contribution in [1.29, 1.82) is 0 Å². The molecule has 2 aromatic rings. The summed E-state index contributed by atoms with van der Waals surface area (Å²) in [5, 5.41) is 23.5. The Hall–Kier alpha value is -3.70. The van der Waals surface area contributed by atoms with E-state index in [1.54, 1.807) is 30.3 Å². The Labute approximate surface area is 143 Å². The standard InChI is InChI=1S/C18H14N3O4/c1-25-18(22)11-10-13-6-2-4-8-15(13)20-16(12-19)14-7-3-5-9-17(14)21(23)24/h2-11,20H,1H3/q-1/b11-10+. The lowest BCUT2D eigenvalue weighted by atomic mass is 10.1. The van der Waals surface area contributed by atoms with Gasteiger partial charge in [0, 0.05) is 17.8 Å². The van der Waals surface area contributed by atoms with Crippen molar-refractivity contribution in [3.63, 3.8) is 0 Å². The fourth-order valence-electron chi connectivity index (χ4n) is 2.12. The molecule has 0 heterocycles. The second-order valence-corrected chi connectivity index (χ2v) is 4.83. The lowest BCUT2D eigenvalue weighted by Gasteiger charge is -2.13. The molecular formula is C18H14N3O4-. The lowest BCUT2D eigenvalue weighted by Crippen LogP contribution is -2.04. The Morgan fingerprint density at radius 1 is 1.24 bits per heavy atom. The van der Waals surface area contributed by atoms with Gasteiger partial charge in [-0.1, -0.05) is 30.3 Å². The van der Waals surface area contributed by atoms with Crippen LogP contribution in [0.2, 0.25) is 0 Å². The Balaban J connectivity index is 2.39. The summed E-state index contributed by atoms with van der Waals surface area (Å²) in [6, 6.07) is 12.9. The SMILES string of the molecule is COC(=O)/C=C/c1ccccc1NC(=C=[N-])c1ccccc1[N+](=O)[O-]. The number of hydrogen-bond acceptors (Lipinski definition) is 5. The summed E-state index contributed by atoms with van der Waals surface area (Å²) in [4.78, 5) is 21.9. The number of hydrogen-bond donors (Lipinski definition) is 1. The second kappa shape index (κ2) is 8.24. The van der Waals surface area contributed by atoms with Gasteiger partial charge in [0.15, 0.2) is 0 Å². The molecule has 0 aromatic heterocycles. The third-order valence-corrected chi connectivity index (χ3v) is 3.30. The molecule has 1 N–H and O–H groups in total. The number of esters is 1. The maximum atomic E-state index is 11.3. The first-order valence-corrected chi connectivity index (χ1v) is 7.19. The third-order valence-electron chi connectivity index (χ3n) is 3.30. The average Bonchev–Trinajstić information content (AvgIpc) is 2.64. The number of rotatable bonds is 6. The van der Waals surface area contributed by atoms with Gasteiger partial charge in [0.25, 0.3) is 5.69 Å². The zero-order valence-electron chi connectivity index (χ0n) is 13.3. The molecule has 0 bridgehead atoms. The summed E-state index contributed by atoms with van der Waals surface area (Å²) in [5.41, 5.74) is 1.19. The van der Waals surface area contributed by atoms with Crippen LogP contribution in [0.1, 0.15) is 11.1 Å². The number of nitro benzene ring substituents is 1. The number of methoxy groups -OCH3 is 1. The van der Waals surface area contributed by atoms with Crippen molar-refractivity contribution >= 4 is 35.0 Å². The lowest BCUT2D eigenvalue weighted by molar-refractivity contribution is -0.385. The molecule has 0 amide bonds. The van der Waals surface area contributed by atoms with Crippen molar-refractivity contribution in [2.24, 2.45) is 0 Å². The molecule has 0 spiro atoms. The fraction of sp³-hybridized carbons (Fsp3) is 0.0556. The predicted molar refractivity (Wildman–Crippen MR) is 96.0 cm³/mol. The van der Waals surface area contributed by atoms with Crippen LogP contribution in [0.4, 0.5) is 11.4 Å². The van der Waals surface area contributed by atoms with Crippen molar-refractivity contribution in [3.05, 3.63) is 81.3 Å². The van der Waals surface area contributed by atoms with Crippen LogP contribution >= 0.6 is 0 Å². The first-order chi connectivity index (χ1) is 12.1. The van der Waals surface area contributed by atoms with Crippen LogP contribution in [-0.2, 0) is 9.53 Å². The van der Waals surface area contributed by atoms with Crippen LogP contribution in [0.3, 0.4) is 0 Å². The molecule has 2 aromatic carbocycles. The van der Waals surface area contributed by atoms with Crippen LogP contribution in [0.5, 0.6) is 0 Å². The first-order valence-electron chi connectivity index (χ1n) is 7.19. The highest BCUT2D eigenvalue weighted by molar-refractivity contribution is 6.00. The molecule has 2 rings (SSSR count). The Kier molecular flexibility index (Phi) is 5.81. The third kappa shape index (κ3) is 4.40. The Morgan fingerprint density at radius 2 is 1.92 bits per heavy atom. The normalized spacial score (nSPS) is 10.1. The molecule has 0 aliphatic heterocycles. The van der Waals surface area contributed by atoms with Crippen molar-refractivity contribution in [1.82, 2.24) is 0 Å². The van der Waals surface area contributed by atoms with Gasteiger partial charge >= 0.3 is 5.97 Å². The number of carbonyl (C=O) groups excluding carboxylic acids is 1. The van der Waals surface area contributed by atoms with E-state index in [-0.39, 0.29) is 16.9 Å². The van der Waals surface area contributed by atoms with E-state index in [0.29, 0.717) is 11.3 Å². The minimum Gasteiger partial charge on any atom is -0.762 e. The van der Waals surface area contributed by atoms with E-state index in [1.165, 1.54) is 37.5 Å². The van der Waals surface area contributed by atoms with Gasteiger partial charge in [-0.2, -0.15) is 0 Å². The van der Waals surface area contributed by atoms with Gasteiger partial charge in [0.05, 0.1) is 23.3 Å². The first kappa shape index (κ1) is 17.7. The molecule has 7 nitrogen and oxygen atoms in total. The van der Waals surface area contributed by atoms with Crippen LogP contribution in [0, 0.1) is 10.1 Å². The average molecular weight is 336 g/mol. The van der Waals surface area contributed by atoms with Crippen molar-refractivity contribution < 1.29 is 14.5 Å². The molecule has 0 saturated heterocycles. The highest BCUT2D eigenvalue weighted by atomic mass is 16.6. The predicted octanol–water partition coefficient (Wildman–Crippen LogP) is 3.47. The number of nitro groups is 1. The number of benzene rings is 2. The number of carbonyl (C=O) groups is 1. The smallest absolute Gasteiger partial charge is 0.330 e. The monoisotopic (exact) mass is 336 g/mol. The summed E-state index contributed by atoms with van der Waals surface area (Å²) < 4.78 is 4.55.